The van der Waals surface area contributed by atoms with Crippen LogP contribution in [0.25, 0.3) is 4.91 Å². The first-order chi connectivity index (χ1) is 17.3. The molecule has 196 valence electrons. The topological polar surface area (TPSA) is 61.1 Å². The van der Waals surface area contributed by atoms with Gasteiger partial charge >= 0.3 is 0 Å². The number of hydrazone groups is 1. The molecule has 2 heterocycles. The van der Waals surface area contributed by atoms with E-state index in [0.717, 1.165) is 59.0 Å². The van der Waals surface area contributed by atoms with Crippen LogP contribution in [0.4, 0.5) is 5.82 Å². The average Bonchev–Trinajstić information content (AvgIpc) is 2.85. The normalized spacial score (nSPS) is 21.2. The van der Waals surface area contributed by atoms with Crippen molar-refractivity contribution in [1.29, 1.82) is 0 Å². The molecule has 1 aliphatic heterocycles. The van der Waals surface area contributed by atoms with Crippen LogP contribution in [0, 0.1) is 5.92 Å². The molecule has 1 aliphatic carbocycles. The van der Waals surface area contributed by atoms with Gasteiger partial charge in [-0.05, 0) is 63.0 Å². The summed E-state index contributed by atoms with van der Waals surface area (Å²) < 4.78 is 0. The second-order valence-corrected chi connectivity index (χ2v) is 9.58. The Morgan fingerprint density at radius 1 is 1.31 bits per heavy atom. The first kappa shape index (κ1) is 31.3. The molecule has 5 nitrogen and oxygen atoms in total. The minimum absolute atomic E-state index is 0.357. The molecule has 0 saturated heterocycles. The number of aromatic nitrogens is 1. The lowest BCUT2D eigenvalue weighted by molar-refractivity contribution is -0.0415. The highest BCUT2D eigenvalue weighted by Crippen LogP contribution is 2.38. The van der Waals surface area contributed by atoms with Crippen molar-refractivity contribution in [3.05, 3.63) is 77.7 Å². The number of allylic oxidation sites excluding steroid dienone is 5. The van der Waals surface area contributed by atoms with Gasteiger partial charge in [0.2, 0.25) is 0 Å². The average molecular weight is 509 g/mol. The van der Waals surface area contributed by atoms with Crippen molar-refractivity contribution < 1.29 is 5.11 Å². The maximum atomic E-state index is 9.28. The van der Waals surface area contributed by atoms with Gasteiger partial charge in [0, 0.05) is 35.4 Å². The van der Waals surface area contributed by atoms with E-state index in [1.54, 1.807) is 16.8 Å². The maximum Gasteiger partial charge on any atom is 0.164 e. The minimum Gasteiger partial charge on any atom is -0.390 e. The lowest BCUT2D eigenvalue weighted by Gasteiger charge is -2.39. The molecule has 0 unspecified atom stereocenters. The monoisotopic (exact) mass is 508 g/mol. The summed E-state index contributed by atoms with van der Waals surface area (Å²) >= 11 is 1.61. The second-order valence-electron chi connectivity index (χ2n) is 8.58. The van der Waals surface area contributed by atoms with Gasteiger partial charge in [0.1, 0.15) is 0 Å². The molecule has 0 radical (unpaired) electrons. The van der Waals surface area contributed by atoms with E-state index >= 15 is 0 Å². The largest absolute Gasteiger partial charge is 0.390 e. The Labute approximate surface area is 223 Å². The number of fused-ring (bicyclic) bond motifs is 1. The molecule has 0 bridgehead atoms. The third kappa shape index (κ3) is 9.07. The third-order valence-corrected chi connectivity index (χ3v) is 6.27. The Balaban J connectivity index is 0.000000491. The quantitative estimate of drug-likeness (QED) is 0.269. The van der Waals surface area contributed by atoms with Gasteiger partial charge in [0.15, 0.2) is 11.6 Å². The molecule has 1 aromatic rings. The van der Waals surface area contributed by atoms with E-state index in [1.807, 2.05) is 46.1 Å². The summed E-state index contributed by atoms with van der Waals surface area (Å²) in [5, 5.41) is 17.1. The number of thioether (sulfide) groups is 1. The highest BCUT2D eigenvalue weighted by molar-refractivity contribution is 8.10. The number of aliphatic imine (C=N–C) groups is 1. The number of pyridine rings is 1. The van der Waals surface area contributed by atoms with Gasteiger partial charge in [-0.15, -0.1) is 6.58 Å². The zero-order valence-corrected chi connectivity index (χ0v) is 23.8. The molecule has 0 aromatic carbocycles. The predicted molar refractivity (Wildman–Crippen MR) is 162 cm³/mol. The Kier molecular flexibility index (Phi) is 14.0. The summed E-state index contributed by atoms with van der Waals surface area (Å²) in [4.78, 5) is 10.3. The van der Waals surface area contributed by atoms with Crippen molar-refractivity contribution in [2.24, 2.45) is 16.0 Å². The summed E-state index contributed by atoms with van der Waals surface area (Å²) in [6, 6.07) is 2.07. The highest BCUT2D eigenvalue weighted by atomic mass is 32.2. The van der Waals surface area contributed by atoms with Crippen LogP contribution in [0.3, 0.4) is 0 Å². The molecule has 0 atom stereocenters. The smallest absolute Gasteiger partial charge is 0.164 e. The summed E-state index contributed by atoms with van der Waals surface area (Å²) in [6.07, 6.45) is 16.4. The van der Waals surface area contributed by atoms with E-state index in [4.69, 9.17) is 4.98 Å². The molecule has 6 heteroatoms. The van der Waals surface area contributed by atoms with Gasteiger partial charge in [-0.1, -0.05) is 70.3 Å². The fraction of sp³-hybridized carbons (Fsp3) is 0.433. The molecule has 1 aromatic heterocycles. The van der Waals surface area contributed by atoms with Crippen LogP contribution < -0.4 is 5.01 Å². The predicted octanol–water partition coefficient (Wildman–Crippen LogP) is 8.29. The Morgan fingerprint density at radius 2 is 2.00 bits per heavy atom. The van der Waals surface area contributed by atoms with Crippen LogP contribution in [-0.2, 0) is 6.42 Å². The summed E-state index contributed by atoms with van der Waals surface area (Å²) in [7, 11) is 0. The van der Waals surface area contributed by atoms with Crippen LogP contribution in [0.2, 0.25) is 0 Å². The number of anilines is 1. The lowest BCUT2D eigenvalue weighted by Crippen LogP contribution is -2.39. The molecular weight excluding hydrogens is 464 g/mol. The molecule has 0 amide bonds. The number of nitrogens with zero attached hydrogens (tertiary/aromatic N) is 4. The maximum absolute atomic E-state index is 9.28. The summed E-state index contributed by atoms with van der Waals surface area (Å²) in [5.41, 5.74) is 2.49. The fourth-order valence-electron chi connectivity index (χ4n) is 3.88. The molecular formula is C30H44N4OS. The van der Waals surface area contributed by atoms with E-state index in [1.165, 1.54) is 0 Å². The van der Waals surface area contributed by atoms with Gasteiger partial charge in [0.05, 0.1) is 11.3 Å². The standard InChI is InChI=1S/C20H24N4S.C8H14O.C2H6/c1-6-9-12-25-15(4)17-13-16-14-22-19(11-8-3)24(21-5)20(16)23-18(17)10-7-2;1-3-4-7-5-8(2,9)6-7;1-2/h7,9,11-14H,2,4-6,8,10H2,1,3H3;3-4,7,9H,5-6H2,1-2H3;1-2H3/b12-9-,19-11-;4-3+;. The number of hydrogen-bond donors (Lipinski definition) is 1. The van der Waals surface area contributed by atoms with Crippen LogP contribution in [0.15, 0.2) is 70.9 Å². The second kappa shape index (κ2) is 16.1. The van der Waals surface area contributed by atoms with Gasteiger partial charge in [-0.3, -0.25) is 0 Å². The molecule has 3 rings (SSSR count). The van der Waals surface area contributed by atoms with Crippen molar-refractivity contribution in [1.82, 2.24) is 4.98 Å². The molecule has 1 fully saturated rings. The zero-order chi connectivity index (χ0) is 27.1. The first-order valence-electron chi connectivity index (χ1n) is 12.8. The van der Waals surface area contributed by atoms with Gasteiger partial charge in [-0.2, -0.15) is 10.1 Å². The summed E-state index contributed by atoms with van der Waals surface area (Å²) in [5.74, 6) is 2.13. The minimum atomic E-state index is -0.357. The van der Waals surface area contributed by atoms with E-state index in [0.29, 0.717) is 12.3 Å². The molecule has 0 spiro atoms. The van der Waals surface area contributed by atoms with Crippen LogP contribution in [0.1, 0.15) is 84.0 Å². The van der Waals surface area contributed by atoms with E-state index in [2.05, 4.69) is 73.5 Å². The van der Waals surface area contributed by atoms with Gasteiger partial charge < -0.3 is 5.11 Å². The highest BCUT2D eigenvalue weighted by Gasteiger charge is 2.36. The number of hydrogen-bond acceptors (Lipinski definition) is 6. The number of rotatable bonds is 9. The fourth-order valence-corrected chi connectivity index (χ4v) is 4.64. The zero-order valence-electron chi connectivity index (χ0n) is 23.0. The Hall–Kier alpha value is -2.70. The van der Waals surface area contributed by atoms with Crippen molar-refractivity contribution in [3.63, 3.8) is 0 Å². The van der Waals surface area contributed by atoms with Crippen molar-refractivity contribution >= 4 is 35.4 Å². The van der Waals surface area contributed by atoms with Gasteiger partial charge in [-0.25, -0.2) is 9.98 Å². The lowest BCUT2D eigenvalue weighted by atomic mass is 9.72. The SMILES string of the molecule is C/C=C/C1CC(C)(O)C1.C=CCc1nc2c(cc1C(=C)S/C=C\CC)C=N/C(=C/CC)N2N=C.CC. The third-order valence-electron chi connectivity index (χ3n) is 5.44. The Bertz CT molecular complexity index is 996. The summed E-state index contributed by atoms with van der Waals surface area (Å²) in [6.45, 7) is 23.8. The van der Waals surface area contributed by atoms with E-state index in [-0.39, 0.29) is 5.60 Å². The number of aliphatic hydroxyl groups is 1. The molecule has 1 N–H and O–H groups in total. The van der Waals surface area contributed by atoms with E-state index < -0.39 is 0 Å². The van der Waals surface area contributed by atoms with E-state index in [9.17, 15) is 5.11 Å². The van der Waals surface area contributed by atoms with Crippen LogP contribution >= 0.6 is 11.8 Å². The van der Waals surface area contributed by atoms with Crippen LogP contribution in [0.5, 0.6) is 0 Å². The molecule has 1 saturated carbocycles. The van der Waals surface area contributed by atoms with Crippen LogP contribution in [-0.4, -0.2) is 28.6 Å². The van der Waals surface area contributed by atoms with Crippen molar-refractivity contribution in [3.8, 4) is 0 Å². The first-order valence-corrected chi connectivity index (χ1v) is 13.7. The van der Waals surface area contributed by atoms with Gasteiger partial charge in [0.25, 0.3) is 0 Å². The van der Waals surface area contributed by atoms with Crippen molar-refractivity contribution in [2.75, 3.05) is 5.01 Å². The molecule has 36 heavy (non-hydrogen) atoms. The van der Waals surface area contributed by atoms with Crippen molar-refractivity contribution in [2.45, 2.75) is 79.2 Å². The Morgan fingerprint density at radius 3 is 2.53 bits per heavy atom. The molecule has 2 aliphatic rings.